The minimum Gasteiger partial charge on any atom is -0.378 e. The van der Waals surface area contributed by atoms with Gasteiger partial charge >= 0.3 is 6.18 Å². The summed E-state index contributed by atoms with van der Waals surface area (Å²) >= 11 is 0. The predicted octanol–water partition coefficient (Wildman–Crippen LogP) is 2.76. The Bertz CT molecular complexity index is 481. The summed E-state index contributed by atoms with van der Waals surface area (Å²) in [6.07, 6.45) is -3.49. The molecule has 1 aliphatic heterocycles. The Morgan fingerprint density at radius 1 is 1.33 bits per heavy atom. The Morgan fingerprint density at radius 2 is 2.10 bits per heavy atom. The van der Waals surface area contributed by atoms with Crippen molar-refractivity contribution in [3.8, 4) is 0 Å². The maximum Gasteiger partial charge on any atom is 0.433 e. The quantitative estimate of drug-likeness (QED) is 0.876. The first-order valence-electron chi connectivity index (χ1n) is 6.95. The van der Waals surface area contributed by atoms with Gasteiger partial charge in [0.25, 0.3) is 0 Å². The SMILES string of the molecule is CCNc1nc(NCC2CCOC2C)cc(C(F)(F)F)n1. The lowest BCUT2D eigenvalue weighted by atomic mass is 10.0. The summed E-state index contributed by atoms with van der Waals surface area (Å²) < 4.78 is 43.9. The molecule has 0 aliphatic carbocycles. The van der Waals surface area contributed by atoms with Crippen LogP contribution in [0.2, 0.25) is 0 Å². The van der Waals surface area contributed by atoms with E-state index >= 15 is 0 Å². The van der Waals surface area contributed by atoms with Gasteiger partial charge in [0.2, 0.25) is 5.95 Å². The van der Waals surface area contributed by atoms with E-state index in [1.54, 1.807) is 6.92 Å². The molecule has 2 N–H and O–H groups in total. The molecule has 1 saturated heterocycles. The van der Waals surface area contributed by atoms with Crippen molar-refractivity contribution in [3.63, 3.8) is 0 Å². The summed E-state index contributed by atoms with van der Waals surface area (Å²) in [7, 11) is 0. The van der Waals surface area contributed by atoms with Crippen molar-refractivity contribution < 1.29 is 17.9 Å². The normalized spacial score (nSPS) is 22.3. The second-order valence-corrected chi connectivity index (χ2v) is 5.00. The molecule has 1 aromatic rings. The van der Waals surface area contributed by atoms with Gasteiger partial charge in [-0.15, -0.1) is 0 Å². The average molecular weight is 304 g/mol. The second-order valence-electron chi connectivity index (χ2n) is 5.00. The third kappa shape index (κ3) is 4.20. The highest BCUT2D eigenvalue weighted by Gasteiger charge is 2.34. The highest BCUT2D eigenvalue weighted by molar-refractivity contribution is 5.43. The van der Waals surface area contributed by atoms with Crippen LogP contribution < -0.4 is 10.6 Å². The van der Waals surface area contributed by atoms with Crippen LogP contribution >= 0.6 is 0 Å². The van der Waals surface area contributed by atoms with Crippen molar-refractivity contribution in [1.29, 1.82) is 0 Å². The fourth-order valence-electron chi connectivity index (χ4n) is 2.20. The number of anilines is 2. The molecule has 0 radical (unpaired) electrons. The summed E-state index contributed by atoms with van der Waals surface area (Å²) in [5.74, 6) is 0.426. The van der Waals surface area contributed by atoms with Crippen molar-refractivity contribution in [1.82, 2.24) is 9.97 Å². The third-order valence-electron chi connectivity index (χ3n) is 3.43. The largest absolute Gasteiger partial charge is 0.433 e. The Morgan fingerprint density at radius 3 is 2.67 bits per heavy atom. The molecule has 0 spiro atoms. The van der Waals surface area contributed by atoms with Crippen molar-refractivity contribution in [3.05, 3.63) is 11.8 Å². The molecular weight excluding hydrogens is 285 g/mol. The van der Waals surface area contributed by atoms with Crippen LogP contribution in [0.1, 0.15) is 26.0 Å². The number of aromatic nitrogens is 2. The van der Waals surface area contributed by atoms with Crippen LogP contribution in [-0.2, 0) is 10.9 Å². The lowest BCUT2D eigenvalue weighted by Crippen LogP contribution is -2.22. The van der Waals surface area contributed by atoms with E-state index < -0.39 is 11.9 Å². The monoisotopic (exact) mass is 304 g/mol. The standard InChI is InChI=1S/C13H19F3N4O/c1-3-17-12-19-10(13(14,15)16)6-11(20-12)18-7-9-4-5-21-8(9)2/h6,8-9H,3-5,7H2,1-2H3,(H2,17,18,19,20). The molecular formula is C13H19F3N4O. The summed E-state index contributed by atoms with van der Waals surface area (Å²) in [5.41, 5.74) is -0.952. The van der Waals surface area contributed by atoms with Gasteiger partial charge in [-0.1, -0.05) is 0 Å². The number of rotatable bonds is 5. The Kier molecular flexibility index (Phi) is 4.87. The fourth-order valence-corrected chi connectivity index (χ4v) is 2.20. The molecule has 2 atom stereocenters. The molecule has 5 nitrogen and oxygen atoms in total. The molecule has 8 heteroatoms. The minimum absolute atomic E-state index is 0.0226. The number of ether oxygens (including phenoxy) is 1. The minimum atomic E-state index is -4.49. The van der Waals surface area contributed by atoms with Crippen LogP contribution in [-0.4, -0.2) is 35.8 Å². The second kappa shape index (κ2) is 6.46. The number of halogens is 3. The topological polar surface area (TPSA) is 59.1 Å². The first-order chi connectivity index (χ1) is 9.90. The van der Waals surface area contributed by atoms with Crippen LogP contribution in [0.15, 0.2) is 6.07 Å². The number of nitrogens with one attached hydrogen (secondary N) is 2. The van der Waals surface area contributed by atoms with Crippen LogP contribution in [0.3, 0.4) is 0 Å². The molecule has 21 heavy (non-hydrogen) atoms. The van der Waals surface area contributed by atoms with Gasteiger partial charge in [0.1, 0.15) is 5.82 Å². The van der Waals surface area contributed by atoms with Gasteiger partial charge in [-0.25, -0.2) is 4.98 Å². The van der Waals surface area contributed by atoms with Gasteiger partial charge in [-0.3, -0.25) is 0 Å². The molecule has 118 valence electrons. The van der Waals surface area contributed by atoms with E-state index in [1.165, 1.54) is 0 Å². The predicted molar refractivity (Wildman–Crippen MR) is 73.2 cm³/mol. The highest BCUT2D eigenvalue weighted by atomic mass is 19.4. The first kappa shape index (κ1) is 15.8. The van der Waals surface area contributed by atoms with Crippen molar-refractivity contribution in [2.24, 2.45) is 5.92 Å². The van der Waals surface area contributed by atoms with E-state index in [2.05, 4.69) is 20.6 Å². The molecule has 1 fully saturated rings. The number of nitrogens with zero attached hydrogens (tertiary/aromatic N) is 2. The molecule has 0 bridgehead atoms. The molecule has 2 rings (SSSR count). The van der Waals surface area contributed by atoms with Gasteiger partial charge in [0.05, 0.1) is 6.10 Å². The van der Waals surface area contributed by atoms with Gasteiger partial charge in [-0.2, -0.15) is 18.2 Å². The van der Waals surface area contributed by atoms with Gasteiger partial charge < -0.3 is 15.4 Å². The van der Waals surface area contributed by atoms with Gasteiger partial charge in [-0.05, 0) is 20.3 Å². The van der Waals surface area contributed by atoms with E-state index in [-0.39, 0.29) is 23.8 Å². The van der Waals surface area contributed by atoms with E-state index in [9.17, 15) is 13.2 Å². The molecule has 2 unspecified atom stereocenters. The molecule has 0 amide bonds. The molecule has 0 saturated carbocycles. The molecule has 2 heterocycles. The van der Waals surface area contributed by atoms with E-state index in [0.29, 0.717) is 19.7 Å². The van der Waals surface area contributed by atoms with Crippen LogP contribution in [0, 0.1) is 5.92 Å². The number of alkyl halides is 3. The fraction of sp³-hybridized carbons (Fsp3) is 0.692. The maximum absolute atomic E-state index is 12.8. The van der Waals surface area contributed by atoms with E-state index in [4.69, 9.17) is 4.74 Å². The lowest BCUT2D eigenvalue weighted by molar-refractivity contribution is -0.141. The van der Waals surface area contributed by atoms with E-state index in [1.807, 2.05) is 6.92 Å². The van der Waals surface area contributed by atoms with Crippen molar-refractivity contribution in [2.75, 3.05) is 30.3 Å². The summed E-state index contributed by atoms with van der Waals surface area (Å²) in [6, 6.07) is 0.932. The zero-order valence-corrected chi connectivity index (χ0v) is 12.0. The van der Waals surface area contributed by atoms with Crippen LogP contribution in [0.4, 0.5) is 24.9 Å². The van der Waals surface area contributed by atoms with Crippen LogP contribution in [0.25, 0.3) is 0 Å². The van der Waals surface area contributed by atoms with Crippen LogP contribution in [0.5, 0.6) is 0 Å². The molecule has 1 aromatic heterocycles. The Hall–Kier alpha value is -1.57. The lowest BCUT2D eigenvalue weighted by Gasteiger charge is -2.16. The number of hydrogen-bond donors (Lipinski definition) is 2. The highest BCUT2D eigenvalue weighted by Crippen LogP contribution is 2.30. The van der Waals surface area contributed by atoms with Gasteiger partial charge in [0, 0.05) is 31.7 Å². The Labute approximate surface area is 121 Å². The van der Waals surface area contributed by atoms with E-state index in [0.717, 1.165) is 12.5 Å². The number of hydrogen-bond acceptors (Lipinski definition) is 5. The molecule has 0 aromatic carbocycles. The summed E-state index contributed by atoms with van der Waals surface area (Å²) in [5, 5.41) is 5.67. The summed E-state index contributed by atoms with van der Waals surface area (Å²) in [4.78, 5) is 7.53. The smallest absolute Gasteiger partial charge is 0.378 e. The van der Waals surface area contributed by atoms with Crippen molar-refractivity contribution in [2.45, 2.75) is 32.5 Å². The maximum atomic E-state index is 12.8. The zero-order valence-electron chi connectivity index (χ0n) is 12.0. The zero-order chi connectivity index (χ0) is 15.5. The summed E-state index contributed by atoms with van der Waals surface area (Å²) in [6.45, 7) is 5.40. The van der Waals surface area contributed by atoms with Gasteiger partial charge in [0.15, 0.2) is 5.69 Å². The first-order valence-corrected chi connectivity index (χ1v) is 6.95. The average Bonchev–Trinajstić information content (AvgIpc) is 2.81. The van der Waals surface area contributed by atoms with Crippen molar-refractivity contribution >= 4 is 11.8 Å². The molecule has 1 aliphatic rings. The third-order valence-corrected chi connectivity index (χ3v) is 3.43. The Balaban J connectivity index is 2.11.